The number of thioether (sulfide) groups is 1. The lowest BCUT2D eigenvalue weighted by molar-refractivity contribution is -0.131. The molecule has 2 aromatic carbocycles. The first kappa shape index (κ1) is 22.5. The first-order valence-corrected chi connectivity index (χ1v) is 12.3. The van der Waals surface area contributed by atoms with Crippen LogP contribution in [-0.2, 0) is 11.8 Å². The second kappa shape index (κ2) is 9.15. The Labute approximate surface area is 205 Å². The normalized spacial score (nSPS) is 13.2. The average Bonchev–Trinajstić information content (AvgIpc) is 3.29. The van der Waals surface area contributed by atoms with Crippen LogP contribution in [0.15, 0.2) is 64.5 Å². The number of carbonyl (C=O) groups excluding carboxylic acids is 1. The summed E-state index contributed by atoms with van der Waals surface area (Å²) in [5.74, 6) is 0.728. The number of hydrogen-bond donors (Lipinski definition) is 0. The SMILES string of the molecule is Cc1c(-n2c(SCC(=O)N3CCC3)nnc2-c2ccccc2Cl)c(=O)n(-c2ccccc2)n1C. The molecule has 2 aromatic heterocycles. The molecule has 1 fully saturated rings. The summed E-state index contributed by atoms with van der Waals surface area (Å²) in [6.07, 6.45) is 1.03. The Morgan fingerprint density at radius 2 is 1.76 bits per heavy atom. The number of para-hydroxylation sites is 1. The second-order valence-corrected chi connectivity index (χ2v) is 9.40. The predicted octanol–water partition coefficient (Wildman–Crippen LogP) is 3.71. The quantitative estimate of drug-likeness (QED) is 0.382. The Bertz CT molecular complexity index is 1420. The maximum Gasteiger partial charge on any atom is 0.296 e. The van der Waals surface area contributed by atoms with Gasteiger partial charge >= 0.3 is 0 Å². The first-order valence-electron chi connectivity index (χ1n) is 10.9. The standard InChI is InChI=1S/C24H23ClN6O2S/c1-16-21(23(33)31(28(16)2)17-9-4-3-5-10-17)30-22(18-11-6-7-12-19(18)25)26-27-24(30)34-15-20(32)29-13-8-14-29/h3-7,9-12H,8,13-15H2,1-2H3. The maximum absolute atomic E-state index is 13.8. The van der Waals surface area contributed by atoms with Crippen LogP contribution in [0.5, 0.6) is 0 Å². The number of nitrogens with zero attached hydrogens (tertiary/aromatic N) is 6. The zero-order valence-corrected chi connectivity index (χ0v) is 20.4. The first-order chi connectivity index (χ1) is 16.5. The summed E-state index contributed by atoms with van der Waals surface area (Å²) in [6, 6.07) is 16.8. The van der Waals surface area contributed by atoms with E-state index in [0.29, 0.717) is 27.3 Å². The molecule has 0 N–H and O–H groups in total. The molecule has 174 valence electrons. The van der Waals surface area contributed by atoms with Gasteiger partial charge in [-0.2, -0.15) is 0 Å². The van der Waals surface area contributed by atoms with Crippen molar-refractivity contribution in [3.8, 4) is 22.8 Å². The van der Waals surface area contributed by atoms with Crippen LogP contribution in [0.4, 0.5) is 0 Å². The van der Waals surface area contributed by atoms with Crippen molar-refractivity contribution in [2.75, 3.05) is 18.8 Å². The number of carbonyl (C=O) groups is 1. The van der Waals surface area contributed by atoms with E-state index in [9.17, 15) is 9.59 Å². The molecule has 5 rings (SSSR count). The average molecular weight is 495 g/mol. The van der Waals surface area contributed by atoms with Crippen molar-refractivity contribution in [1.82, 2.24) is 29.0 Å². The molecule has 0 bridgehead atoms. The van der Waals surface area contributed by atoms with Gasteiger partial charge in [0, 0.05) is 25.7 Å². The van der Waals surface area contributed by atoms with E-state index in [0.717, 1.165) is 30.9 Å². The fourth-order valence-electron chi connectivity index (χ4n) is 3.98. The molecule has 8 nitrogen and oxygen atoms in total. The molecule has 0 unspecified atom stereocenters. The van der Waals surface area contributed by atoms with Crippen LogP contribution in [0, 0.1) is 6.92 Å². The van der Waals surface area contributed by atoms with E-state index in [1.165, 1.54) is 11.8 Å². The maximum atomic E-state index is 13.8. The van der Waals surface area contributed by atoms with Gasteiger partial charge in [-0.3, -0.25) is 18.8 Å². The van der Waals surface area contributed by atoms with Gasteiger partial charge in [0.2, 0.25) is 5.91 Å². The van der Waals surface area contributed by atoms with E-state index in [4.69, 9.17) is 11.6 Å². The molecule has 0 atom stereocenters. The predicted molar refractivity (Wildman–Crippen MR) is 133 cm³/mol. The van der Waals surface area contributed by atoms with Gasteiger partial charge in [-0.15, -0.1) is 10.2 Å². The molecular weight excluding hydrogens is 472 g/mol. The molecule has 1 aliphatic rings. The van der Waals surface area contributed by atoms with Gasteiger partial charge in [-0.25, -0.2) is 4.68 Å². The number of hydrogen-bond acceptors (Lipinski definition) is 5. The summed E-state index contributed by atoms with van der Waals surface area (Å²) >= 11 is 7.77. The number of halogens is 1. The monoisotopic (exact) mass is 494 g/mol. The van der Waals surface area contributed by atoms with Crippen molar-refractivity contribution in [3.63, 3.8) is 0 Å². The highest BCUT2D eigenvalue weighted by atomic mass is 35.5. The van der Waals surface area contributed by atoms with Crippen LogP contribution in [0.25, 0.3) is 22.8 Å². The van der Waals surface area contributed by atoms with Crippen LogP contribution in [-0.4, -0.2) is 53.8 Å². The highest BCUT2D eigenvalue weighted by molar-refractivity contribution is 7.99. The Kier molecular flexibility index (Phi) is 6.05. The molecule has 34 heavy (non-hydrogen) atoms. The van der Waals surface area contributed by atoms with Gasteiger partial charge in [0.15, 0.2) is 11.0 Å². The fraction of sp³-hybridized carbons (Fsp3) is 0.250. The van der Waals surface area contributed by atoms with Crippen LogP contribution in [0.2, 0.25) is 5.02 Å². The van der Waals surface area contributed by atoms with E-state index >= 15 is 0 Å². The molecule has 0 radical (unpaired) electrons. The Morgan fingerprint density at radius 3 is 2.44 bits per heavy atom. The van der Waals surface area contributed by atoms with E-state index in [1.54, 1.807) is 15.3 Å². The van der Waals surface area contributed by atoms with Crippen LogP contribution >= 0.6 is 23.4 Å². The zero-order valence-electron chi connectivity index (χ0n) is 18.8. The number of aromatic nitrogens is 5. The lowest BCUT2D eigenvalue weighted by atomic mass is 10.2. The largest absolute Gasteiger partial charge is 0.342 e. The summed E-state index contributed by atoms with van der Waals surface area (Å²) in [5.41, 5.74) is 2.35. The Morgan fingerprint density at radius 1 is 1.06 bits per heavy atom. The molecule has 0 aliphatic carbocycles. The van der Waals surface area contributed by atoms with Crippen molar-refractivity contribution in [3.05, 3.63) is 75.7 Å². The fourth-order valence-corrected chi connectivity index (χ4v) is 5.04. The minimum Gasteiger partial charge on any atom is -0.342 e. The van der Waals surface area contributed by atoms with Crippen molar-refractivity contribution in [1.29, 1.82) is 0 Å². The third-order valence-corrected chi connectivity index (χ3v) is 7.27. The number of benzene rings is 2. The van der Waals surface area contributed by atoms with Crippen LogP contribution in [0.1, 0.15) is 12.1 Å². The van der Waals surface area contributed by atoms with Gasteiger partial charge in [0.05, 0.1) is 22.2 Å². The van der Waals surface area contributed by atoms with Gasteiger partial charge in [-0.05, 0) is 37.6 Å². The van der Waals surface area contributed by atoms with E-state index in [1.807, 2.05) is 72.1 Å². The molecule has 0 saturated carbocycles. The number of rotatable bonds is 6. The highest BCUT2D eigenvalue weighted by Crippen LogP contribution is 2.32. The summed E-state index contributed by atoms with van der Waals surface area (Å²) in [4.78, 5) is 28.1. The number of likely N-dealkylation sites (tertiary alicyclic amines) is 1. The summed E-state index contributed by atoms with van der Waals surface area (Å²) in [5, 5.41) is 9.74. The summed E-state index contributed by atoms with van der Waals surface area (Å²) < 4.78 is 5.15. The topological polar surface area (TPSA) is 78.0 Å². The van der Waals surface area contributed by atoms with Crippen molar-refractivity contribution in [2.24, 2.45) is 7.05 Å². The summed E-state index contributed by atoms with van der Waals surface area (Å²) in [6.45, 7) is 3.46. The van der Waals surface area contributed by atoms with Crippen molar-refractivity contribution in [2.45, 2.75) is 18.5 Å². The lowest BCUT2D eigenvalue weighted by Gasteiger charge is -2.30. The third kappa shape index (κ3) is 3.84. The summed E-state index contributed by atoms with van der Waals surface area (Å²) in [7, 11) is 1.84. The molecule has 3 heterocycles. The van der Waals surface area contributed by atoms with Gasteiger partial charge in [0.1, 0.15) is 5.69 Å². The second-order valence-electron chi connectivity index (χ2n) is 8.05. The van der Waals surface area contributed by atoms with Crippen LogP contribution in [0.3, 0.4) is 0 Å². The van der Waals surface area contributed by atoms with E-state index in [2.05, 4.69) is 10.2 Å². The van der Waals surface area contributed by atoms with Crippen molar-refractivity contribution < 1.29 is 4.79 Å². The minimum absolute atomic E-state index is 0.0524. The zero-order chi connectivity index (χ0) is 23.8. The molecule has 1 aliphatic heterocycles. The Balaban J connectivity index is 1.67. The Hall–Kier alpha value is -3.30. The molecule has 10 heteroatoms. The highest BCUT2D eigenvalue weighted by Gasteiger charge is 2.27. The van der Waals surface area contributed by atoms with Gasteiger partial charge in [-0.1, -0.05) is 53.7 Å². The van der Waals surface area contributed by atoms with Crippen molar-refractivity contribution >= 4 is 29.3 Å². The van der Waals surface area contributed by atoms with Gasteiger partial charge < -0.3 is 4.90 Å². The lowest BCUT2D eigenvalue weighted by Crippen LogP contribution is -2.43. The minimum atomic E-state index is -0.213. The van der Waals surface area contributed by atoms with Crippen LogP contribution < -0.4 is 5.56 Å². The molecule has 1 saturated heterocycles. The van der Waals surface area contributed by atoms with Gasteiger partial charge in [0.25, 0.3) is 5.56 Å². The molecule has 1 amide bonds. The number of amides is 1. The molecular formula is C24H23ClN6O2S. The third-order valence-electron chi connectivity index (χ3n) is 6.03. The smallest absolute Gasteiger partial charge is 0.296 e. The molecule has 4 aromatic rings. The van der Waals surface area contributed by atoms with E-state index < -0.39 is 0 Å². The molecule has 0 spiro atoms. The van der Waals surface area contributed by atoms with E-state index in [-0.39, 0.29) is 17.2 Å².